The molecule has 6 nitrogen and oxygen atoms in total. The Bertz CT molecular complexity index is 976. The van der Waals surface area contributed by atoms with Crippen LogP contribution in [0.4, 0.5) is 5.69 Å². The molecule has 1 N–H and O–H groups in total. The highest BCUT2D eigenvalue weighted by Gasteiger charge is 2.28. The van der Waals surface area contributed by atoms with Crippen molar-refractivity contribution in [2.24, 2.45) is 11.8 Å². The highest BCUT2D eigenvalue weighted by molar-refractivity contribution is 7.92. The first-order valence-corrected chi connectivity index (χ1v) is 11.2. The van der Waals surface area contributed by atoms with Crippen molar-refractivity contribution in [3.8, 4) is 5.75 Å². The first-order chi connectivity index (χ1) is 13.7. The van der Waals surface area contributed by atoms with E-state index in [9.17, 15) is 13.2 Å². The lowest BCUT2D eigenvalue weighted by atomic mass is 9.91. The lowest BCUT2D eigenvalue weighted by molar-refractivity contribution is 0.0622. The number of carbonyl (C=O) groups is 1. The van der Waals surface area contributed by atoms with E-state index < -0.39 is 10.0 Å². The van der Waals surface area contributed by atoms with Crippen molar-refractivity contribution < 1.29 is 17.9 Å². The highest BCUT2D eigenvalue weighted by atomic mass is 32.2. The molecule has 0 saturated carbocycles. The average molecular weight is 417 g/mol. The lowest BCUT2D eigenvalue weighted by Crippen LogP contribution is -2.42. The number of hydrogen-bond donors (Lipinski definition) is 1. The Morgan fingerprint density at radius 3 is 2.28 bits per heavy atom. The molecule has 7 heteroatoms. The van der Waals surface area contributed by atoms with E-state index in [0.29, 0.717) is 41.9 Å². The maximum Gasteiger partial charge on any atom is 0.261 e. The molecule has 1 amide bonds. The number of amides is 1. The molecule has 1 heterocycles. The zero-order valence-electron chi connectivity index (χ0n) is 17.3. The third-order valence-electron chi connectivity index (χ3n) is 5.25. The monoisotopic (exact) mass is 416 g/mol. The van der Waals surface area contributed by atoms with Gasteiger partial charge in [-0.25, -0.2) is 8.42 Å². The molecule has 1 aliphatic heterocycles. The number of likely N-dealkylation sites (tertiary alicyclic amines) is 1. The van der Waals surface area contributed by atoms with Crippen LogP contribution >= 0.6 is 0 Å². The molecule has 0 spiro atoms. The van der Waals surface area contributed by atoms with Crippen LogP contribution in [0.15, 0.2) is 47.4 Å². The summed E-state index contributed by atoms with van der Waals surface area (Å²) >= 11 is 0. The van der Waals surface area contributed by atoms with Gasteiger partial charge in [-0.05, 0) is 67.1 Å². The third-order valence-corrected chi connectivity index (χ3v) is 6.63. The molecule has 2 atom stereocenters. The van der Waals surface area contributed by atoms with Gasteiger partial charge in [-0.1, -0.05) is 19.9 Å². The van der Waals surface area contributed by atoms with Crippen molar-refractivity contribution in [3.05, 3.63) is 53.6 Å². The standard InChI is InChI=1S/C22H28N2O4S/c1-15-11-16(2)14-24(13-15)22(25)21-12-20(10-5-17(21)3)29(26,27)23-18-6-8-19(28-4)9-7-18/h5-10,12,15-16,23H,11,13-14H2,1-4H3. The van der Waals surface area contributed by atoms with E-state index in [1.807, 2.05) is 11.8 Å². The van der Waals surface area contributed by atoms with E-state index >= 15 is 0 Å². The summed E-state index contributed by atoms with van der Waals surface area (Å²) in [5, 5.41) is 0. The summed E-state index contributed by atoms with van der Waals surface area (Å²) in [6.07, 6.45) is 1.10. The zero-order chi connectivity index (χ0) is 21.2. The van der Waals surface area contributed by atoms with E-state index in [0.717, 1.165) is 12.0 Å². The molecule has 1 aliphatic rings. The Hall–Kier alpha value is -2.54. The Kier molecular flexibility index (Phi) is 6.17. The predicted octanol–water partition coefficient (Wildman–Crippen LogP) is 3.92. The number of carbonyl (C=O) groups excluding carboxylic acids is 1. The van der Waals surface area contributed by atoms with Gasteiger partial charge in [-0.3, -0.25) is 9.52 Å². The van der Waals surface area contributed by atoms with Gasteiger partial charge in [0, 0.05) is 24.3 Å². The first kappa shape index (κ1) is 21.2. The maximum absolute atomic E-state index is 13.1. The van der Waals surface area contributed by atoms with E-state index in [2.05, 4.69) is 18.6 Å². The predicted molar refractivity (Wildman–Crippen MR) is 114 cm³/mol. The summed E-state index contributed by atoms with van der Waals surface area (Å²) in [5.74, 6) is 1.40. The van der Waals surface area contributed by atoms with Crippen molar-refractivity contribution >= 4 is 21.6 Å². The number of piperidine rings is 1. The van der Waals surface area contributed by atoms with Gasteiger partial charge in [0.05, 0.1) is 12.0 Å². The number of sulfonamides is 1. The van der Waals surface area contributed by atoms with Crippen LogP contribution in [0.3, 0.4) is 0 Å². The molecule has 29 heavy (non-hydrogen) atoms. The second-order valence-corrected chi connectivity index (χ2v) is 9.65. The number of anilines is 1. The van der Waals surface area contributed by atoms with Gasteiger partial charge in [-0.2, -0.15) is 0 Å². The van der Waals surface area contributed by atoms with E-state index in [-0.39, 0.29) is 10.8 Å². The molecular formula is C22H28N2O4S. The Morgan fingerprint density at radius 2 is 1.69 bits per heavy atom. The largest absolute Gasteiger partial charge is 0.497 e. The molecule has 2 aromatic rings. The molecule has 1 saturated heterocycles. The minimum Gasteiger partial charge on any atom is -0.497 e. The molecule has 2 aromatic carbocycles. The smallest absolute Gasteiger partial charge is 0.261 e. The number of benzene rings is 2. The van der Waals surface area contributed by atoms with Crippen LogP contribution in [0.1, 0.15) is 36.2 Å². The lowest BCUT2D eigenvalue weighted by Gasteiger charge is -2.35. The van der Waals surface area contributed by atoms with Gasteiger partial charge < -0.3 is 9.64 Å². The number of methoxy groups -OCH3 is 1. The van der Waals surface area contributed by atoms with Gasteiger partial charge in [0.25, 0.3) is 15.9 Å². The molecule has 2 unspecified atom stereocenters. The molecule has 1 fully saturated rings. The summed E-state index contributed by atoms with van der Waals surface area (Å²) in [5.41, 5.74) is 1.63. The van der Waals surface area contributed by atoms with E-state index in [4.69, 9.17) is 4.74 Å². The van der Waals surface area contributed by atoms with Crippen LogP contribution in [-0.2, 0) is 10.0 Å². The van der Waals surface area contributed by atoms with Crippen LogP contribution in [0, 0.1) is 18.8 Å². The van der Waals surface area contributed by atoms with E-state index in [1.54, 1.807) is 37.4 Å². The summed E-state index contributed by atoms with van der Waals surface area (Å²) in [7, 11) is -2.27. The zero-order valence-corrected chi connectivity index (χ0v) is 18.1. The molecule has 0 bridgehead atoms. The minimum absolute atomic E-state index is 0.0698. The van der Waals surface area contributed by atoms with Crippen molar-refractivity contribution in [3.63, 3.8) is 0 Å². The van der Waals surface area contributed by atoms with Crippen molar-refractivity contribution in [2.45, 2.75) is 32.1 Å². The average Bonchev–Trinajstić information content (AvgIpc) is 2.67. The highest BCUT2D eigenvalue weighted by Crippen LogP contribution is 2.25. The maximum atomic E-state index is 13.1. The van der Waals surface area contributed by atoms with Gasteiger partial charge in [-0.15, -0.1) is 0 Å². The summed E-state index contributed by atoms with van der Waals surface area (Å²) in [6, 6.07) is 11.3. The summed E-state index contributed by atoms with van der Waals surface area (Å²) < 4.78 is 33.4. The number of hydrogen-bond acceptors (Lipinski definition) is 4. The summed E-state index contributed by atoms with van der Waals surface area (Å²) in [4.78, 5) is 15.0. The fourth-order valence-corrected chi connectivity index (χ4v) is 4.96. The van der Waals surface area contributed by atoms with Crippen molar-refractivity contribution in [1.82, 2.24) is 4.90 Å². The van der Waals surface area contributed by atoms with Crippen LogP contribution in [-0.4, -0.2) is 39.4 Å². The quantitative estimate of drug-likeness (QED) is 0.801. The number of nitrogens with zero attached hydrogens (tertiary/aromatic N) is 1. The number of aryl methyl sites for hydroxylation is 1. The summed E-state index contributed by atoms with van der Waals surface area (Å²) in [6.45, 7) is 7.51. The van der Waals surface area contributed by atoms with Gasteiger partial charge >= 0.3 is 0 Å². The fraction of sp³-hybridized carbons (Fsp3) is 0.409. The van der Waals surface area contributed by atoms with E-state index in [1.165, 1.54) is 12.1 Å². The second-order valence-electron chi connectivity index (χ2n) is 7.97. The molecule has 0 radical (unpaired) electrons. The molecule has 3 rings (SSSR count). The Morgan fingerprint density at radius 1 is 1.07 bits per heavy atom. The number of rotatable bonds is 5. The second kappa shape index (κ2) is 8.45. The Labute approximate surface area is 172 Å². The minimum atomic E-state index is -3.82. The van der Waals surface area contributed by atoms with Crippen LogP contribution in [0.25, 0.3) is 0 Å². The number of nitrogens with one attached hydrogen (secondary N) is 1. The van der Waals surface area contributed by atoms with Crippen LogP contribution in [0.5, 0.6) is 5.75 Å². The first-order valence-electron chi connectivity index (χ1n) is 9.76. The van der Waals surface area contributed by atoms with Crippen molar-refractivity contribution in [2.75, 3.05) is 24.9 Å². The number of ether oxygens (including phenoxy) is 1. The van der Waals surface area contributed by atoms with Crippen LogP contribution in [0.2, 0.25) is 0 Å². The molecule has 0 aliphatic carbocycles. The van der Waals surface area contributed by atoms with Gasteiger partial charge in [0.1, 0.15) is 5.75 Å². The topological polar surface area (TPSA) is 75.7 Å². The fourth-order valence-electron chi connectivity index (χ4n) is 3.87. The third kappa shape index (κ3) is 4.90. The van der Waals surface area contributed by atoms with Crippen molar-refractivity contribution in [1.29, 1.82) is 0 Å². The van der Waals surface area contributed by atoms with Gasteiger partial charge in [0.15, 0.2) is 0 Å². The SMILES string of the molecule is COc1ccc(NS(=O)(=O)c2ccc(C)c(C(=O)N3CC(C)CC(C)C3)c2)cc1. The van der Waals surface area contributed by atoms with Crippen LogP contribution < -0.4 is 9.46 Å². The molecule has 156 valence electrons. The van der Waals surface area contributed by atoms with Gasteiger partial charge in [0.2, 0.25) is 0 Å². The normalized spacial score (nSPS) is 19.7. The molecule has 0 aromatic heterocycles. The molecular weight excluding hydrogens is 388 g/mol. The Balaban J connectivity index is 1.86.